The Hall–Kier alpha value is -1.91. The normalized spacial score (nSPS) is 14.9. The zero-order valence-electron chi connectivity index (χ0n) is 14.1. The van der Waals surface area contributed by atoms with Gasteiger partial charge in [-0.3, -0.25) is 4.79 Å². The van der Waals surface area contributed by atoms with E-state index in [1.807, 2.05) is 54.6 Å². The molecule has 1 aliphatic rings. The SMILES string of the molecule is COc1ccc(/C(=C\C(=O)C=C2SCCCS2)c2ccccc2)cc1. The van der Waals surface area contributed by atoms with Gasteiger partial charge in [-0.2, -0.15) is 0 Å². The maximum absolute atomic E-state index is 12.6. The van der Waals surface area contributed by atoms with Crippen molar-refractivity contribution in [1.29, 1.82) is 0 Å². The molecular weight excluding hydrogens is 348 g/mol. The number of ketones is 1. The van der Waals surface area contributed by atoms with Crippen molar-refractivity contribution in [1.82, 2.24) is 0 Å². The molecule has 2 aromatic rings. The van der Waals surface area contributed by atoms with Crippen molar-refractivity contribution in [3.05, 3.63) is 82.1 Å². The van der Waals surface area contributed by atoms with Crippen LogP contribution >= 0.6 is 23.5 Å². The minimum absolute atomic E-state index is 0.0339. The Labute approximate surface area is 157 Å². The summed E-state index contributed by atoms with van der Waals surface area (Å²) in [6, 6.07) is 17.8. The Bertz CT molecular complexity index is 769. The van der Waals surface area contributed by atoms with Gasteiger partial charge in [0.15, 0.2) is 5.78 Å². The molecule has 1 aliphatic heterocycles. The van der Waals surface area contributed by atoms with Gasteiger partial charge in [0.25, 0.3) is 0 Å². The third kappa shape index (κ3) is 5.03. The third-order valence-electron chi connectivity index (χ3n) is 3.81. The van der Waals surface area contributed by atoms with Crippen LogP contribution in [0.4, 0.5) is 0 Å². The lowest BCUT2D eigenvalue weighted by molar-refractivity contribution is -0.110. The van der Waals surface area contributed by atoms with Gasteiger partial charge in [-0.05, 0) is 52.8 Å². The molecule has 0 atom stereocenters. The average molecular weight is 369 g/mol. The van der Waals surface area contributed by atoms with E-state index in [0.717, 1.165) is 38.2 Å². The minimum atomic E-state index is 0.0339. The Morgan fingerprint density at radius 3 is 2.24 bits per heavy atom. The van der Waals surface area contributed by atoms with Gasteiger partial charge in [-0.25, -0.2) is 0 Å². The van der Waals surface area contributed by atoms with E-state index in [2.05, 4.69) is 0 Å². The molecule has 0 unspecified atom stereocenters. The first-order valence-corrected chi connectivity index (χ1v) is 10.2. The molecule has 25 heavy (non-hydrogen) atoms. The van der Waals surface area contributed by atoms with E-state index in [0.29, 0.717) is 0 Å². The highest BCUT2D eigenvalue weighted by molar-refractivity contribution is 8.22. The van der Waals surface area contributed by atoms with Gasteiger partial charge in [-0.1, -0.05) is 42.5 Å². The molecule has 4 heteroatoms. The van der Waals surface area contributed by atoms with Crippen LogP contribution in [0.25, 0.3) is 5.57 Å². The number of hydrogen-bond donors (Lipinski definition) is 0. The van der Waals surface area contributed by atoms with Gasteiger partial charge >= 0.3 is 0 Å². The van der Waals surface area contributed by atoms with Gasteiger partial charge in [0.1, 0.15) is 5.75 Å². The topological polar surface area (TPSA) is 26.3 Å². The monoisotopic (exact) mass is 368 g/mol. The van der Waals surface area contributed by atoms with Crippen LogP contribution in [0.3, 0.4) is 0 Å². The van der Waals surface area contributed by atoms with Crippen molar-refractivity contribution in [2.45, 2.75) is 6.42 Å². The number of benzene rings is 2. The molecule has 0 N–H and O–H groups in total. The van der Waals surface area contributed by atoms with E-state index >= 15 is 0 Å². The molecule has 0 aliphatic carbocycles. The molecule has 1 saturated heterocycles. The van der Waals surface area contributed by atoms with Crippen LogP contribution in [0, 0.1) is 0 Å². The molecule has 1 fully saturated rings. The maximum atomic E-state index is 12.6. The average Bonchev–Trinajstić information content (AvgIpc) is 2.68. The van der Waals surface area contributed by atoms with Crippen molar-refractivity contribution in [3.63, 3.8) is 0 Å². The third-order valence-corrected chi connectivity index (χ3v) is 6.31. The zero-order chi connectivity index (χ0) is 17.5. The fourth-order valence-corrected chi connectivity index (χ4v) is 4.95. The number of carbonyl (C=O) groups excluding carboxylic acids is 1. The highest BCUT2D eigenvalue weighted by Gasteiger charge is 2.10. The first-order chi connectivity index (χ1) is 12.3. The Morgan fingerprint density at radius 2 is 1.60 bits per heavy atom. The summed E-state index contributed by atoms with van der Waals surface area (Å²) in [5.74, 6) is 3.03. The predicted molar refractivity (Wildman–Crippen MR) is 109 cm³/mol. The molecule has 2 nitrogen and oxygen atoms in total. The number of hydrogen-bond acceptors (Lipinski definition) is 4. The number of rotatable bonds is 5. The first kappa shape index (κ1) is 17.9. The molecule has 128 valence electrons. The summed E-state index contributed by atoms with van der Waals surface area (Å²) in [4.78, 5) is 12.6. The van der Waals surface area contributed by atoms with E-state index in [-0.39, 0.29) is 5.78 Å². The van der Waals surface area contributed by atoms with Crippen molar-refractivity contribution >= 4 is 34.9 Å². The Kier molecular flexibility index (Phi) is 6.42. The number of carbonyl (C=O) groups is 1. The van der Waals surface area contributed by atoms with Crippen LogP contribution in [-0.4, -0.2) is 24.4 Å². The second-order valence-electron chi connectivity index (χ2n) is 5.57. The Morgan fingerprint density at radius 1 is 0.960 bits per heavy atom. The Balaban J connectivity index is 1.94. The zero-order valence-corrected chi connectivity index (χ0v) is 15.7. The molecular formula is C21H20O2S2. The summed E-state index contributed by atoms with van der Waals surface area (Å²) in [6.45, 7) is 0. The van der Waals surface area contributed by atoms with Crippen molar-refractivity contribution in [2.75, 3.05) is 18.6 Å². The smallest absolute Gasteiger partial charge is 0.180 e. The van der Waals surface area contributed by atoms with Crippen LogP contribution < -0.4 is 4.74 Å². The number of ether oxygens (including phenoxy) is 1. The molecule has 0 saturated carbocycles. The van der Waals surface area contributed by atoms with Crippen LogP contribution in [0.15, 0.2) is 71.0 Å². The van der Waals surface area contributed by atoms with E-state index in [1.165, 1.54) is 6.42 Å². The van der Waals surface area contributed by atoms with Gasteiger partial charge in [-0.15, -0.1) is 23.5 Å². The molecule has 0 bridgehead atoms. The van der Waals surface area contributed by atoms with Crippen molar-refractivity contribution in [2.24, 2.45) is 0 Å². The first-order valence-electron chi connectivity index (χ1n) is 8.19. The highest BCUT2D eigenvalue weighted by atomic mass is 32.2. The van der Waals surface area contributed by atoms with Gasteiger partial charge in [0, 0.05) is 10.3 Å². The lowest BCUT2D eigenvalue weighted by Crippen LogP contribution is -1.97. The summed E-state index contributed by atoms with van der Waals surface area (Å²) in [5, 5.41) is 0. The number of methoxy groups -OCH3 is 1. The van der Waals surface area contributed by atoms with E-state index in [1.54, 1.807) is 42.8 Å². The van der Waals surface area contributed by atoms with Crippen LogP contribution in [0.5, 0.6) is 5.75 Å². The van der Waals surface area contributed by atoms with E-state index in [9.17, 15) is 4.79 Å². The quantitative estimate of drug-likeness (QED) is 0.660. The summed E-state index contributed by atoms with van der Waals surface area (Å²) in [6.07, 6.45) is 4.71. The number of allylic oxidation sites excluding steroid dienone is 2. The number of thioether (sulfide) groups is 2. The van der Waals surface area contributed by atoms with Gasteiger partial charge < -0.3 is 4.74 Å². The van der Waals surface area contributed by atoms with Gasteiger partial charge in [0.05, 0.1) is 7.11 Å². The van der Waals surface area contributed by atoms with Crippen molar-refractivity contribution in [3.8, 4) is 5.75 Å². The highest BCUT2D eigenvalue weighted by Crippen LogP contribution is 2.34. The maximum Gasteiger partial charge on any atom is 0.180 e. The lowest BCUT2D eigenvalue weighted by atomic mass is 9.96. The second kappa shape index (κ2) is 8.97. The fourth-order valence-electron chi connectivity index (χ4n) is 2.55. The molecule has 0 amide bonds. The van der Waals surface area contributed by atoms with E-state index in [4.69, 9.17) is 4.74 Å². The molecule has 0 spiro atoms. The van der Waals surface area contributed by atoms with Crippen LogP contribution in [0.2, 0.25) is 0 Å². The van der Waals surface area contributed by atoms with Crippen LogP contribution in [-0.2, 0) is 4.79 Å². The van der Waals surface area contributed by atoms with Gasteiger partial charge in [0.2, 0.25) is 0 Å². The molecule has 3 rings (SSSR count). The molecule has 1 heterocycles. The van der Waals surface area contributed by atoms with Crippen molar-refractivity contribution < 1.29 is 9.53 Å². The summed E-state index contributed by atoms with van der Waals surface area (Å²) < 4.78 is 6.35. The standard InChI is InChI=1S/C21H20O2S2/c1-23-19-10-8-17(9-11-19)20(16-6-3-2-4-7-16)14-18(22)15-21-24-12-5-13-25-21/h2-4,6-11,14-15H,5,12-13H2,1H3/b20-14-. The lowest BCUT2D eigenvalue weighted by Gasteiger charge is -2.12. The predicted octanol–water partition coefficient (Wildman–Crippen LogP) is 5.41. The second-order valence-corrected chi connectivity index (χ2v) is 8.10. The molecule has 2 aromatic carbocycles. The van der Waals surface area contributed by atoms with E-state index < -0.39 is 0 Å². The minimum Gasteiger partial charge on any atom is -0.497 e. The molecule has 0 radical (unpaired) electrons. The summed E-state index contributed by atoms with van der Waals surface area (Å²) >= 11 is 3.55. The molecule has 0 aromatic heterocycles. The van der Waals surface area contributed by atoms with Crippen LogP contribution in [0.1, 0.15) is 17.5 Å². The fraction of sp³-hybridized carbons (Fsp3) is 0.190. The largest absolute Gasteiger partial charge is 0.497 e. The summed E-state index contributed by atoms with van der Waals surface area (Å²) in [5.41, 5.74) is 2.96. The summed E-state index contributed by atoms with van der Waals surface area (Å²) in [7, 11) is 1.65.